The molecule has 0 fully saturated rings. The van der Waals surface area contributed by atoms with Gasteiger partial charge in [0.05, 0.1) is 6.54 Å². The van der Waals surface area contributed by atoms with Crippen molar-refractivity contribution in [2.75, 3.05) is 27.2 Å². The highest BCUT2D eigenvalue weighted by molar-refractivity contribution is 5.96. The van der Waals surface area contributed by atoms with Crippen LogP contribution in [-0.2, 0) is 11.2 Å². The highest BCUT2D eigenvalue weighted by atomic mass is 16.2. The van der Waals surface area contributed by atoms with Crippen molar-refractivity contribution in [3.63, 3.8) is 0 Å². The van der Waals surface area contributed by atoms with Crippen LogP contribution < -0.4 is 11.1 Å². The van der Waals surface area contributed by atoms with Crippen molar-refractivity contribution in [1.29, 1.82) is 0 Å². The molecule has 98 valence electrons. The first-order valence-corrected chi connectivity index (χ1v) is 5.83. The number of rotatable bonds is 5. The Morgan fingerprint density at radius 3 is 2.39 bits per heavy atom. The summed E-state index contributed by atoms with van der Waals surface area (Å²) in [4.78, 5) is 24.6. The lowest BCUT2D eigenvalue weighted by molar-refractivity contribution is -0.121. The van der Waals surface area contributed by atoms with Crippen molar-refractivity contribution in [2.45, 2.75) is 6.42 Å². The van der Waals surface area contributed by atoms with Crippen LogP contribution in [0.2, 0.25) is 0 Å². The predicted octanol–water partition coefficient (Wildman–Crippen LogP) is 0.00580. The molecule has 0 aliphatic carbocycles. The van der Waals surface area contributed by atoms with E-state index in [2.05, 4.69) is 5.32 Å². The summed E-state index contributed by atoms with van der Waals surface area (Å²) in [5.41, 5.74) is 7.13. The lowest BCUT2D eigenvalue weighted by Crippen LogP contribution is -2.36. The minimum atomic E-state index is -0.189. The van der Waals surface area contributed by atoms with Crippen molar-refractivity contribution in [1.82, 2.24) is 10.2 Å². The van der Waals surface area contributed by atoms with E-state index < -0.39 is 0 Å². The summed E-state index contributed by atoms with van der Waals surface area (Å²) in [6.07, 6.45) is 0.794. The lowest BCUT2D eigenvalue weighted by atomic mass is 10.1. The standard InChI is InChI=1S/C13H19N3O2/c1-15-12(17)9-16(2)13(18)11-5-3-10(4-6-11)7-8-14/h3-6H,7-9,14H2,1-2H3,(H,15,17). The van der Waals surface area contributed by atoms with Crippen LogP contribution in [0, 0.1) is 0 Å². The monoisotopic (exact) mass is 249 g/mol. The van der Waals surface area contributed by atoms with Crippen LogP contribution >= 0.6 is 0 Å². The first-order chi connectivity index (χ1) is 8.58. The Bertz CT molecular complexity index is 415. The fraction of sp³-hybridized carbons (Fsp3) is 0.385. The van der Waals surface area contributed by atoms with Crippen LogP contribution in [0.3, 0.4) is 0 Å². The van der Waals surface area contributed by atoms with E-state index in [1.54, 1.807) is 26.2 Å². The third-order valence-corrected chi connectivity index (χ3v) is 2.64. The van der Waals surface area contributed by atoms with E-state index in [9.17, 15) is 9.59 Å². The minimum Gasteiger partial charge on any atom is -0.358 e. The molecule has 1 aromatic carbocycles. The van der Waals surface area contributed by atoms with Crippen molar-refractivity contribution in [2.24, 2.45) is 5.73 Å². The second kappa shape index (κ2) is 6.76. The smallest absolute Gasteiger partial charge is 0.254 e. The van der Waals surface area contributed by atoms with E-state index in [-0.39, 0.29) is 18.4 Å². The molecule has 0 bridgehead atoms. The molecule has 0 radical (unpaired) electrons. The predicted molar refractivity (Wildman–Crippen MR) is 70.2 cm³/mol. The second-order valence-corrected chi connectivity index (χ2v) is 4.07. The average molecular weight is 249 g/mol. The number of carbonyl (C=O) groups excluding carboxylic acids is 2. The van der Waals surface area contributed by atoms with Crippen LogP contribution in [0.15, 0.2) is 24.3 Å². The third kappa shape index (κ3) is 3.85. The van der Waals surface area contributed by atoms with Gasteiger partial charge in [-0.25, -0.2) is 0 Å². The van der Waals surface area contributed by atoms with Crippen LogP contribution in [0.4, 0.5) is 0 Å². The molecule has 2 amide bonds. The van der Waals surface area contributed by atoms with Gasteiger partial charge >= 0.3 is 0 Å². The fourth-order valence-electron chi connectivity index (χ4n) is 1.57. The Morgan fingerprint density at radius 1 is 1.28 bits per heavy atom. The zero-order valence-electron chi connectivity index (χ0n) is 10.8. The molecule has 18 heavy (non-hydrogen) atoms. The van der Waals surface area contributed by atoms with Crippen molar-refractivity contribution in [3.8, 4) is 0 Å². The summed E-state index contributed by atoms with van der Waals surface area (Å²) < 4.78 is 0. The van der Waals surface area contributed by atoms with Gasteiger partial charge in [-0.15, -0.1) is 0 Å². The first kappa shape index (κ1) is 14.2. The first-order valence-electron chi connectivity index (χ1n) is 5.83. The fourth-order valence-corrected chi connectivity index (χ4v) is 1.57. The summed E-state index contributed by atoms with van der Waals surface area (Å²) in [7, 11) is 3.15. The van der Waals surface area contributed by atoms with E-state index in [4.69, 9.17) is 5.73 Å². The SMILES string of the molecule is CNC(=O)CN(C)C(=O)c1ccc(CCN)cc1. The van der Waals surface area contributed by atoms with Crippen molar-refractivity contribution >= 4 is 11.8 Å². The Morgan fingerprint density at radius 2 is 1.89 bits per heavy atom. The average Bonchev–Trinajstić information content (AvgIpc) is 2.39. The molecule has 0 atom stereocenters. The second-order valence-electron chi connectivity index (χ2n) is 4.07. The molecule has 0 aliphatic rings. The largest absolute Gasteiger partial charge is 0.358 e. The molecule has 0 saturated carbocycles. The Balaban J connectivity index is 2.68. The van der Waals surface area contributed by atoms with Gasteiger partial charge in [0.25, 0.3) is 5.91 Å². The summed E-state index contributed by atoms with van der Waals surface area (Å²) in [6, 6.07) is 7.28. The van der Waals surface area contributed by atoms with E-state index in [1.165, 1.54) is 4.90 Å². The lowest BCUT2D eigenvalue weighted by Gasteiger charge is -2.16. The summed E-state index contributed by atoms with van der Waals surface area (Å²) in [6.45, 7) is 0.643. The molecule has 0 aliphatic heterocycles. The molecule has 0 aromatic heterocycles. The molecular weight excluding hydrogens is 230 g/mol. The Kier molecular flexibility index (Phi) is 5.32. The molecule has 5 nitrogen and oxygen atoms in total. The number of benzene rings is 1. The summed E-state index contributed by atoms with van der Waals surface area (Å²) >= 11 is 0. The molecule has 0 heterocycles. The zero-order chi connectivity index (χ0) is 13.5. The van der Waals surface area contributed by atoms with Gasteiger partial charge < -0.3 is 16.0 Å². The van der Waals surface area contributed by atoms with Gasteiger partial charge in [0.15, 0.2) is 0 Å². The number of hydrogen-bond donors (Lipinski definition) is 2. The van der Waals surface area contributed by atoms with Gasteiger partial charge in [0.1, 0.15) is 0 Å². The number of carbonyl (C=O) groups is 2. The molecular formula is C13H19N3O2. The van der Waals surface area contributed by atoms with E-state index in [0.29, 0.717) is 12.1 Å². The zero-order valence-corrected chi connectivity index (χ0v) is 10.8. The topological polar surface area (TPSA) is 75.4 Å². The normalized spacial score (nSPS) is 9.94. The van der Waals surface area contributed by atoms with Crippen LogP contribution in [0.1, 0.15) is 15.9 Å². The van der Waals surface area contributed by atoms with Crippen molar-refractivity contribution in [3.05, 3.63) is 35.4 Å². The van der Waals surface area contributed by atoms with Gasteiger partial charge in [0, 0.05) is 19.7 Å². The molecule has 3 N–H and O–H groups in total. The van der Waals surface area contributed by atoms with E-state index in [0.717, 1.165) is 12.0 Å². The molecule has 0 unspecified atom stereocenters. The highest BCUT2D eigenvalue weighted by Crippen LogP contribution is 2.07. The number of nitrogens with zero attached hydrogens (tertiary/aromatic N) is 1. The van der Waals surface area contributed by atoms with Gasteiger partial charge in [-0.2, -0.15) is 0 Å². The molecule has 0 saturated heterocycles. The Labute approximate surface area is 107 Å². The van der Waals surface area contributed by atoms with Crippen LogP contribution in [-0.4, -0.2) is 43.9 Å². The number of likely N-dealkylation sites (N-methyl/N-ethyl adjacent to an activating group) is 2. The number of nitrogens with one attached hydrogen (secondary N) is 1. The maximum Gasteiger partial charge on any atom is 0.254 e. The number of amides is 2. The van der Waals surface area contributed by atoms with E-state index in [1.807, 2.05) is 12.1 Å². The van der Waals surface area contributed by atoms with Gasteiger partial charge in [-0.1, -0.05) is 12.1 Å². The van der Waals surface area contributed by atoms with E-state index >= 15 is 0 Å². The maximum absolute atomic E-state index is 12.0. The molecule has 1 aromatic rings. The minimum absolute atomic E-state index is 0.0554. The number of hydrogen-bond acceptors (Lipinski definition) is 3. The Hall–Kier alpha value is -1.88. The summed E-state index contributed by atoms with van der Waals surface area (Å²) in [5.74, 6) is -0.358. The van der Waals surface area contributed by atoms with Gasteiger partial charge in [-0.3, -0.25) is 9.59 Å². The summed E-state index contributed by atoms with van der Waals surface area (Å²) in [5, 5.41) is 2.48. The van der Waals surface area contributed by atoms with Crippen LogP contribution in [0.5, 0.6) is 0 Å². The maximum atomic E-state index is 12.0. The molecule has 1 rings (SSSR count). The quantitative estimate of drug-likeness (QED) is 0.771. The third-order valence-electron chi connectivity index (χ3n) is 2.64. The van der Waals surface area contributed by atoms with Crippen LogP contribution in [0.25, 0.3) is 0 Å². The highest BCUT2D eigenvalue weighted by Gasteiger charge is 2.13. The van der Waals surface area contributed by atoms with Crippen molar-refractivity contribution < 1.29 is 9.59 Å². The molecule has 5 heteroatoms. The molecule has 0 spiro atoms. The van der Waals surface area contributed by atoms with Gasteiger partial charge in [0.2, 0.25) is 5.91 Å². The van der Waals surface area contributed by atoms with Gasteiger partial charge in [-0.05, 0) is 30.7 Å². The number of nitrogens with two attached hydrogens (primary N) is 1.